The molecule has 0 aliphatic carbocycles. The highest BCUT2D eigenvalue weighted by molar-refractivity contribution is 6.37. The second kappa shape index (κ2) is 8.77. The highest BCUT2D eigenvalue weighted by atomic mass is 16.6. The molecule has 1 N–H and O–H groups in total. The van der Waals surface area contributed by atoms with Gasteiger partial charge in [-0.15, -0.1) is 0 Å². The first kappa shape index (κ1) is 16.8. The monoisotopic (exact) mass is 320 g/mol. The molecule has 7 heteroatoms. The van der Waals surface area contributed by atoms with Crippen LogP contribution in [0.4, 0.5) is 0 Å². The Labute approximate surface area is 134 Å². The van der Waals surface area contributed by atoms with E-state index in [2.05, 4.69) is 10.5 Å². The Morgan fingerprint density at radius 2 is 1.74 bits per heavy atom. The van der Waals surface area contributed by atoms with E-state index in [0.717, 1.165) is 12.2 Å². The average molecular weight is 320 g/mol. The van der Waals surface area contributed by atoms with E-state index in [4.69, 9.17) is 14.2 Å². The number of esters is 1. The third-order valence-corrected chi connectivity index (χ3v) is 3.02. The number of benzene rings is 1. The topological polar surface area (TPSA) is 86.2 Å². The molecule has 0 unspecified atom stereocenters. The lowest BCUT2D eigenvalue weighted by molar-refractivity contribution is -0.136. The first-order valence-corrected chi connectivity index (χ1v) is 7.57. The summed E-state index contributed by atoms with van der Waals surface area (Å²) in [5.41, 5.74) is 2.48. The van der Waals surface area contributed by atoms with Crippen LogP contribution in [0.25, 0.3) is 0 Å². The molecule has 1 heterocycles. The minimum Gasteiger partial charge on any atom is -0.494 e. The third-order valence-electron chi connectivity index (χ3n) is 3.02. The number of hydrazone groups is 1. The van der Waals surface area contributed by atoms with Gasteiger partial charge in [-0.3, -0.25) is 4.79 Å². The van der Waals surface area contributed by atoms with Gasteiger partial charge in [0.15, 0.2) is 0 Å². The van der Waals surface area contributed by atoms with Gasteiger partial charge in [0.25, 0.3) is 0 Å². The number of nitrogens with one attached hydrogen (secondary N) is 1. The zero-order chi connectivity index (χ0) is 16.5. The first-order chi connectivity index (χ1) is 11.2. The molecule has 0 saturated carbocycles. The van der Waals surface area contributed by atoms with Gasteiger partial charge in [0.05, 0.1) is 6.61 Å². The predicted molar refractivity (Wildman–Crippen MR) is 83.5 cm³/mol. The number of hydrogen-bond donors (Lipinski definition) is 1. The Hall–Kier alpha value is -2.57. The molecule has 0 saturated heterocycles. The van der Waals surface area contributed by atoms with Crippen LogP contribution in [0.15, 0.2) is 29.4 Å². The lowest BCUT2D eigenvalue weighted by Crippen LogP contribution is -2.31. The normalized spacial score (nSPS) is 13.8. The van der Waals surface area contributed by atoms with E-state index in [1.54, 1.807) is 12.1 Å². The first-order valence-electron chi connectivity index (χ1n) is 7.57. The maximum Gasteiger partial charge on any atom is 0.354 e. The molecule has 0 radical (unpaired) electrons. The van der Waals surface area contributed by atoms with E-state index in [1.807, 2.05) is 19.1 Å². The maximum atomic E-state index is 11.7. The van der Waals surface area contributed by atoms with Crippen LogP contribution < -0.4 is 14.9 Å². The Morgan fingerprint density at radius 1 is 1.09 bits per heavy atom. The van der Waals surface area contributed by atoms with Crippen LogP contribution in [-0.2, 0) is 14.3 Å². The van der Waals surface area contributed by atoms with Crippen molar-refractivity contribution < 1.29 is 23.8 Å². The Morgan fingerprint density at radius 3 is 2.30 bits per heavy atom. The van der Waals surface area contributed by atoms with Gasteiger partial charge in [0, 0.05) is 12.8 Å². The lowest BCUT2D eigenvalue weighted by Gasteiger charge is -2.12. The molecule has 1 aliphatic heterocycles. The fraction of sp³-hybridized carbons (Fsp3) is 0.438. The molecule has 124 valence electrons. The van der Waals surface area contributed by atoms with Crippen LogP contribution in [0.5, 0.6) is 11.5 Å². The number of nitrogens with zero attached hydrogens (tertiary/aromatic N) is 1. The highest BCUT2D eigenvalue weighted by Crippen LogP contribution is 2.17. The van der Waals surface area contributed by atoms with Crippen molar-refractivity contribution in [3.63, 3.8) is 0 Å². The van der Waals surface area contributed by atoms with E-state index >= 15 is 0 Å². The zero-order valence-corrected chi connectivity index (χ0v) is 13.0. The van der Waals surface area contributed by atoms with E-state index in [9.17, 15) is 9.59 Å². The summed E-state index contributed by atoms with van der Waals surface area (Å²) in [6.07, 6.45) is 1.50. The summed E-state index contributed by atoms with van der Waals surface area (Å²) in [6, 6.07) is 7.26. The van der Waals surface area contributed by atoms with Crippen molar-refractivity contribution in [1.29, 1.82) is 0 Å². The molecule has 1 aliphatic rings. The van der Waals surface area contributed by atoms with E-state index in [-0.39, 0.29) is 31.3 Å². The quantitative estimate of drug-likeness (QED) is 0.581. The summed E-state index contributed by atoms with van der Waals surface area (Å²) in [4.78, 5) is 22.6. The summed E-state index contributed by atoms with van der Waals surface area (Å²) in [5.74, 6) is 0.739. The largest absolute Gasteiger partial charge is 0.494 e. The van der Waals surface area contributed by atoms with Gasteiger partial charge >= 0.3 is 5.97 Å². The van der Waals surface area contributed by atoms with Gasteiger partial charge in [-0.1, -0.05) is 6.92 Å². The molecule has 1 amide bonds. The molecule has 1 aromatic rings. The number of amides is 1. The maximum absolute atomic E-state index is 11.7. The van der Waals surface area contributed by atoms with Crippen molar-refractivity contribution in [2.45, 2.75) is 26.2 Å². The van der Waals surface area contributed by atoms with Crippen molar-refractivity contribution in [2.24, 2.45) is 5.10 Å². The Balaban J connectivity index is 1.67. The summed E-state index contributed by atoms with van der Waals surface area (Å²) in [6.45, 7) is 3.08. The van der Waals surface area contributed by atoms with Crippen molar-refractivity contribution in [2.75, 3.05) is 19.8 Å². The summed E-state index contributed by atoms with van der Waals surface area (Å²) in [5, 5.41) is 3.67. The number of ether oxygens (including phenoxy) is 3. The van der Waals surface area contributed by atoms with Gasteiger partial charge in [-0.05, 0) is 30.7 Å². The number of carbonyl (C=O) groups is 2. The SMILES string of the molecule is CCCOc1ccc(OCCOC(=O)C2=NNC(=O)CC2)cc1. The summed E-state index contributed by atoms with van der Waals surface area (Å²) in [7, 11) is 0. The van der Waals surface area contributed by atoms with E-state index < -0.39 is 5.97 Å². The minimum atomic E-state index is -0.531. The van der Waals surface area contributed by atoms with E-state index in [0.29, 0.717) is 18.8 Å². The van der Waals surface area contributed by atoms with Crippen LogP contribution in [0.1, 0.15) is 26.2 Å². The molecule has 0 aromatic heterocycles. The van der Waals surface area contributed by atoms with Gasteiger partial charge in [-0.25, -0.2) is 10.2 Å². The molecule has 2 rings (SSSR count). The van der Waals surface area contributed by atoms with Gasteiger partial charge < -0.3 is 14.2 Å². The molecule has 0 spiro atoms. The van der Waals surface area contributed by atoms with Crippen molar-refractivity contribution >= 4 is 17.6 Å². The summed E-state index contributed by atoms with van der Waals surface area (Å²) >= 11 is 0. The van der Waals surface area contributed by atoms with Gasteiger partial charge in [-0.2, -0.15) is 5.10 Å². The van der Waals surface area contributed by atoms with Crippen LogP contribution in [-0.4, -0.2) is 37.4 Å². The fourth-order valence-electron chi connectivity index (χ4n) is 1.85. The van der Waals surface area contributed by atoms with E-state index in [1.165, 1.54) is 0 Å². The number of hydrogen-bond acceptors (Lipinski definition) is 6. The molecule has 23 heavy (non-hydrogen) atoms. The fourth-order valence-corrected chi connectivity index (χ4v) is 1.85. The van der Waals surface area contributed by atoms with Crippen molar-refractivity contribution in [3.05, 3.63) is 24.3 Å². The van der Waals surface area contributed by atoms with Gasteiger partial charge in [0.1, 0.15) is 30.4 Å². The molecule has 0 bridgehead atoms. The molecule has 1 aromatic carbocycles. The average Bonchev–Trinajstić information content (AvgIpc) is 2.58. The van der Waals surface area contributed by atoms with Crippen molar-refractivity contribution in [1.82, 2.24) is 5.43 Å². The Bertz CT molecular complexity index is 568. The predicted octanol–water partition coefficient (Wildman–Crippen LogP) is 1.66. The molecule has 7 nitrogen and oxygen atoms in total. The minimum absolute atomic E-state index is 0.111. The third kappa shape index (κ3) is 5.61. The van der Waals surface area contributed by atoms with Crippen molar-refractivity contribution in [3.8, 4) is 11.5 Å². The van der Waals surface area contributed by atoms with Crippen LogP contribution in [0, 0.1) is 0 Å². The molecular weight excluding hydrogens is 300 g/mol. The number of carbonyl (C=O) groups excluding carboxylic acids is 2. The smallest absolute Gasteiger partial charge is 0.354 e. The second-order valence-corrected chi connectivity index (χ2v) is 4.90. The van der Waals surface area contributed by atoms with Crippen LogP contribution in [0.2, 0.25) is 0 Å². The summed E-state index contributed by atoms with van der Waals surface area (Å²) < 4.78 is 16.0. The van der Waals surface area contributed by atoms with Gasteiger partial charge in [0.2, 0.25) is 5.91 Å². The van der Waals surface area contributed by atoms with Crippen LogP contribution in [0.3, 0.4) is 0 Å². The molecule has 0 atom stereocenters. The lowest BCUT2D eigenvalue weighted by atomic mass is 10.2. The Kier molecular flexibility index (Phi) is 6.40. The molecular formula is C16H20N2O5. The standard InChI is InChI=1S/C16H20N2O5/c1-2-9-21-12-3-5-13(6-4-12)22-10-11-23-16(20)14-7-8-15(19)18-17-14/h3-6H,2,7-11H2,1H3,(H,18,19). The number of rotatable bonds is 8. The zero-order valence-electron chi connectivity index (χ0n) is 13.0. The van der Waals surface area contributed by atoms with Crippen LogP contribution >= 0.6 is 0 Å². The molecule has 0 fully saturated rings. The highest BCUT2D eigenvalue weighted by Gasteiger charge is 2.19. The second-order valence-electron chi connectivity index (χ2n) is 4.90.